The fourth-order valence-corrected chi connectivity index (χ4v) is 8.12. The molecule has 4 aliphatic rings. The molecule has 4 bridgehead atoms. The predicted molar refractivity (Wildman–Crippen MR) is 136 cm³/mol. The quantitative estimate of drug-likeness (QED) is 0.312. The van der Waals surface area contributed by atoms with Crippen LogP contribution >= 0.6 is 0 Å². The van der Waals surface area contributed by atoms with Gasteiger partial charge in [-0.25, -0.2) is 4.79 Å². The van der Waals surface area contributed by atoms with E-state index in [1.54, 1.807) is 13.8 Å². The van der Waals surface area contributed by atoms with Crippen LogP contribution in [0.3, 0.4) is 0 Å². The number of carbonyl (C=O) groups is 2. The van der Waals surface area contributed by atoms with Crippen LogP contribution in [0, 0.1) is 29.6 Å². The zero-order valence-electron chi connectivity index (χ0n) is 22.7. The average molecular weight is 557 g/mol. The van der Waals surface area contributed by atoms with Crippen LogP contribution in [0.1, 0.15) is 83.8 Å². The van der Waals surface area contributed by atoms with Gasteiger partial charge in [0.2, 0.25) is 0 Å². The van der Waals surface area contributed by atoms with E-state index in [2.05, 4.69) is 31.2 Å². The Labute approximate surface area is 223 Å². The summed E-state index contributed by atoms with van der Waals surface area (Å²) < 4.78 is 68.5. The van der Waals surface area contributed by atoms with Gasteiger partial charge in [-0.05, 0) is 96.0 Å². The minimum atomic E-state index is -5.99. The molecule has 1 aromatic carbocycles. The standard InChI is InChI=1S/C28H38F2O7S/c1-18-6-8-21(9-7-18)27-13-19-10-20(14-27)12-26(11-19,16-27)17-36-22(31)24(2,3)15-25(4,5)37-23(32)28(29,30)38(33,34)35/h6-9,19-20H,10-17H2,1-5H3,(H,33,34,35). The molecule has 0 spiro atoms. The Morgan fingerprint density at radius 2 is 1.55 bits per heavy atom. The number of hydrogen-bond acceptors (Lipinski definition) is 6. The van der Waals surface area contributed by atoms with Crippen molar-refractivity contribution in [2.45, 2.75) is 95.8 Å². The van der Waals surface area contributed by atoms with Crippen molar-refractivity contribution in [3.05, 3.63) is 35.4 Å². The van der Waals surface area contributed by atoms with Crippen molar-refractivity contribution in [1.29, 1.82) is 0 Å². The highest BCUT2D eigenvalue weighted by Gasteiger charge is 2.59. The Kier molecular flexibility index (Phi) is 7.04. The second kappa shape index (κ2) is 9.25. The Bertz CT molecular complexity index is 1190. The molecule has 2 atom stereocenters. The first-order valence-electron chi connectivity index (χ1n) is 13.1. The molecule has 5 rings (SSSR count). The third-order valence-corrected chi connectivity index (χ3v) is 9.52. The number of esters is 2. The zero-order chi connectivity index (χ0) is 28.4. The molecule has 0 saturated heterocycles. The van der Waals surface area contributed by atoms with Crippen LogP contribution < -0.4 is 0 Å². The van der Waals surface area contributed by atoms with Gasteiger partial charge in [0, 0.05) is 11.8 Å². The minimum Gasteiger partial charge on any atom is -0.465 e. The molecular formula is C28H38F2O7S. The Balaban J connectivity index is 1.43. The summed E-state index contributed by atoms with van der Waals surface area (Å²) in [4.78, 5) is 25.0. The molecular weight excluding hydrogens is 518 g/mol. The van der Waals surface area contributed by atoms with Crippen LogP contribution in [0.4, 0.5) is 8.78 Å². The molecule has 38 heavy (non-hydrogen) atoms. The van der Waals surface area contributed by atoms with E-state index in [1.807, 2.05) is 0 Å². The second-order valence-electron chi connectivity index (χ2n) is 13.4. The topological polar surface area (TPSA) is 107 Å². The van der Waals surface area contributed by atoms with Gasteiger partial charge in [-0.3, -0.25) is 9.35 Å². The van der Waals surface area contributed by atoms with Crippen LogP contribution in [-0.2, 0) is 34.6 Å². The molecule has 0 aromatic heterocycles. The molecule has 212 valence electrons. The first-order chi connectivity index (χ1) is 17.3. The molecule has 0 amide bonds. The van der Waals surface area contributed by atoms with E-state index in [-0.39, 0.29) is 23.9 Å². The Hall–Kier alpha value is -2.07. The molecule has 4 aliphatic carbocycles. The molecule has 7 nitrogen and oxygen atoms in total. The van der Waals surface area contributed by atoms with E-state index in [4.69, 9.17) is 14.0 Å². The average Bonchev–Trinajstić information content (AvgIpc) is 2.75. The van der Waals surface area contributed by atoms with E-state index in [0.717, 1.165) is 32.1 Å². The van der Waals surface area contributed by atoms with Gasteiger partial charge in [-0.1, -0.05) is 29.8 Å². The van der Waals surface area contributed by atoms with Crippen LogP contribution in [0.5, 0.6) is 0 Å². The lowest BCUT2D eigenvalue weighted by atomic mass is 9.43. The number of rotatable bonds is 9. The van der Waals surface area contributed by atoms with Crippen molar-refractivity contribution in [2.75, 3.05) is 6.61 Å². The highest BCUT2D eigenvalue weighted by molar-refractivity contribution is 7.87. The number of halogens is 2. The lowest BCUT2D eigenvalue weighted by Crippen LogP contribution is -2.55. The lowest BCUT2D eigenvalue weighted by Gasteiger charge is -2.62. The van der Waals surface area contributed by atoms with Crippen LogP contribution in [0.25, 0.3) is 0 Å². The summed E-state index contributed by atoms with van der Waals surface area (Å²) in [5, 5.41) is -5.11. The van der Waals surface area contributed by atoms with E-state index in [0.29, 0.717) is 11.8 Å². The summed E-state index contributed by atoms with van der Waals surface area (Å²) in [6, 6.07) is 8.79. The largest absolute Gasteiger partial charge is 0.465 e. The van der Waals surface area contributed by atoms with Crippen molar-refractivity contribution >= 4 is 22.1 Å². The predicted octanol–water partition coefficient (Wildman–Crippen LogP) is 5.59. The van der Waals surface area contributed by atoms with Crippen LogP contribution in [0.15, 0.2) is 24.3 Å². The molecule has 4 saturated carbocycles. The summed E-state index contributed by atoms with van der Waals surface area (Å²) in [6.45, 7) is 8.08. The number of aryl methyl sites for hydroxylation is 1. The van der Waals surface area contributed by atoms with Gasteiger partial charge in [0.25, 0.3) is 0 Å². The van der Waals surface area contributed by atoms with Gasteiger partial charge in [-0.15, -0.1) is 0 Å². The fourth-order valence-electron chi connectivity index (χ4n) is 7.87. The first-order valence-corrected chi connectivity index (χ1v) is 14.6. The Morgan fingerprint density at radius 1 is 1.00 bits per heavy atom. The SMILES string of the molecule is Cc1ccc(C23CC4CC(CC(COC(=O)C(C)(C)CC(C)(C)OC(=O)C(F)(F)S(=O)(=O)O)(C4)C2)C3)cc1. The van der Waals surface area contributed by atoms with E-state index >= 15 is 0 Å². The lowest BCUT2D eigenvalue weighted by molar-refractivity contribution is -0.183. The van der Waals surface area contributed by atoms with E-state index in [9.17, 15) is 26.8 Å². The molecule has 1 aromatic rings. The molecule has 0 heterocycles. The van der Waals surface area contributed by atoms with Gasteiger partial charge >= 0.3 is 27.3 Å². The smallest absolute Gasteiger partial charge is 0.465 e. The van der Waals surface area contributed by atoms with Crippen molar-refractivity contribution < 1.29 is 40.8 Å². The highest BCUT2D eigenvalue weighted by atomic mass is 32.2. The van der Waals surface area contributed by atoms with Gasteiger partial charge in [-0.2, -0.15) is 17.2 Å². The van der Waals surface area contributed by atoms with E-state index in [1.165, 1.54) is 31.4 Å². The van der Waals surface area contributed by atoms with E-state index < -0.39 is 38.3 Å². The van der Waals surface area contributed by atoms with Crippen molar-refractivity contribution in [3.63, 3.8) is 0 Å². The minimum absolute atomic E-state index is 0.0914. The normalized spacial score (nSPS) is 29.3. The molecule has 2 unspecified atom stereocenters. The maximum Gasteiger partial charge on any atom is 0.465 e. The summed E-state index contributed by atoms with van der Waals surface area (Å²) in [7, 11) is -5.99. The second-order valence-corrected chi connectivity index (χ2v) is 14.8. The van der Waals surface area contributed by atoms with Crippen molar-refractivity contribution in [2.24, 2.45) is 22.7 Å². The molecule has 10 heteroatoms. The molecule has 4 fully saturated rings. The molecule has 0 aliphatic heterocycles. The number of hydrogen-bond donors (Lipinski definition) is 1. The third-order valence-electron chi connectivity index (χ3n) is 8.71. The first kappa shape index (κ1) is 28.9. The molecule has 1 N–H and O–H groups in total. The zero-order valence-corrected chi connectivity index (χ0v) is 23.5. The van der Waals surface area contributed by atoms with Crippen LogP contribution in [-0.4, -0.2) is 42.4 Å². The number of benzene rings is 1. The fraction of sp³-hybridized carbons (Fsp3) is 0.714. The number of carbonyl (C=O) groups excluding carboxylic acids is 2. The summed E-state index contributed by atoms with van der Waals surface area (Å²) in [5.74, 6) is -1.76. The maximum absolute atomic E-state index is 13.7. The Morgan fingerprint density at radius 3 is 2.08 bits per heavy atom. The maximum atomic E-state index is 13.7. The third kappa shape index (κ3) is 5.48. The van der Waals surface area contributed by atoms with Crippen molar-refractivity contribution in [3.8, 4) is 0 Å². The van der Waals surface area contributed by atoms with Gasteiger partial charge in [0.15, 0.2) is 0 Å². The number of alkyl halides is 2. The summed E-state index contributed by atoms with van der Waals surface area (Å²) in [6.07, 6.45) is 6.30. The summed E-state index contributed by atoms with van der Waals surface area (Å²) in [5.41, 5.74) is -0.287. The van der Waals surface area contributed by atoms with Crippen molar-refractivity contribution in [1.82, 2.24) is 0 Å². The van der Waals surface area contributed by atoms with Gasteiger partial charge < -0.3 is 9.47 Å². The van der Waals surface area contributed by atoms with Gasteiger partial charge in [0.05, 0.1) is 12.0 Å². The van der Waals surface area contributed by atoms with Gasteiger partial charge in [0.1, 0.15) is 5.60 Å². The number of ether oxygens (including phenoxy) is 2. The highest BCUT2D eigenvalue weighted by Crippen LogP contribution is 2.65. The summed E-state index contributed by atoms with van der Waals surface area (Å²) >= 11 is 0. The monoisotopic (exact) mass is 556 g/mol. The molecule has 0 radical (unpaired) electrons. The van der Waals surface area contributed by atoms with Crippen LogP contribution in [0.2, 0.25) is 0 Å².